The van der Waals surface area contributed by atoms with Gasteiger partial charge in [0.2, 0.25) is 0 Å². The van der Waals surface area contributed by atoms with E-state index >= 15 is 0 Å². The molecular formula is C47H49F3N8O3. The molecule has 4 heterocycles. The molecule has 0 bridgehead atoms. The molecule has 0 saturated carbocycles. The zero-order valence-corrected chi connectivity index (χ0v) is 35.0. The summed E-state index contributed by atoms with van der Waals surface area (Å²) in [6, 6.07) is 32.4. The smallest absolute Gasteiger partial charge is 0.368 e. The highest BCUT2D eigenvalue weighted by molar-refractivity contribution is 5.95. The van der Waals surface area contributed by atoms with Gasteiger partial charge in [-0.25, -0.2) is 9.36 Å². The SMILES string of the molecule is CC(=O)c1ccc(N2CCN(C(=O)c3cc(C)nn3-c3ccc(C)cc3)CC2)cc1.Cc1ccc(-n2nc(C)cc2C(=O)N2CCN(c3cccc(C(F)(F)F)c3)CC2)cc1. The van der Waals surface area contributed by atoms with Gasteiger partial charge < -0.3 is 19.6 Å². The summed E-state index contributed by atoms with van der Waals surface area (Å²) in [4.78, 5) is 45.7. The van der Waals surface area contributed by atoms with Crippen LogP contribution in [-0.2, 0) is 6.18 Å². The number of rotatable bonds is 7. The maximum Gasteiger partial charge on any atom is 0.416 e. The van der Waals surface area contributed by atoms with Gasteiger partial charge in [0.15, 0.2) is 5.78 Å². The van der Waals surface area contributed by atoms with Gasteiger partial charge in [0, 0.05) is 69.3 Å². The van der Waals surface area contributed by atoms with Crippen molar-refractivity contribution in [2.75, 3.05) is 62.2 Å². The summed E-state index contributed by atoms with van der Waals surface area (Å²) in [6.45, 7) is 13.9. The molecule has 0 atom stereocenters. The van der Waals surface area contributed by atoms with Gasteiger partial charge in [0.25, 0.3) is 11.8 Å². The van der Waals surface area contributed by atoms with Crippen molar-refractivity contribution in [1.29, 1.82) is 0 Å². The Morgan fingerprint density at radius 1 is 0.508 bits per heavy atom. The first-order valence-corrected chi connectivity index (χ1v) is 20.3. The molecule has 2 aliphatic rings. The average molecular weight is 831 g/mol. The third kappa shape index (κ3) is 9.86. The number of anilines is 2. The van der Waals surface area contributed by atoms with Crippen LogP contribution in [0, 0.1) is 27.7 Å². The number of piperazine rings is 2. The van der Waals surface area contributed by atoms with Crippen LogP contribution in [0.3, 0.4) is 0 Å². The summed E-state index contributed by atoms with van der Waals surface area (Å²) in [7, 11) is 0. The van der Waals surface area contributed by atoms with Crippen molar-refractivity contribution in [3.8, 4) is 11.4 Å². The molecule has 0 unspecified atom stereocenters. The van der Waals surface area contributed by atoms with Crippen molar-refractivity contribution in [1.82, 2.24) is 29.4 Å². The molecule has 0 radical (unpaired) electrons. The van der Waals surface area contributed by atoms with E-state index in [9.17, 15) is 27.6 Å². The highest BCUT2D eigenvalue weighted by atomic mass is 19.4. The van der Waals surface area contributed by atoms with Crippen molar-refractivity contribution >= 4 is 29.0 Å². The minimum atomic E-state index is -4.37. The van der Waals surface area contributed by atoms with Crippen LogP contribution in [0.4, 0.5) is 24.5 Å². The summed E-state index contributed by atoms with van der Waals surface area (Å²) in [5, 5.41) is 9.02. The van der Waals surface area contributed by atoms with Crippen molar-refractivity contribution in [2.45, 2.75) is 40.8 Å². The number of carbonyl (C=O) groups is 3. The second-order valence-electron chi connectivity index (χ2n) is 15.5. The summed E-state index contributed by atoms with van der Waals surface area (Å²) in [5.41, 5.74) is 8.27. The van der Waals surface area contributed by atoms with E-state index in [4.69, 9.17) is 0 Å². The van der Waals surface area contributed by atoms with Crippen LogP contribution in [0.25, 0.3) is 11.4 Å². The Hall–Kier alpha value is -6.70. The number of alkyl halides is 3. The Bertz CT molecular complexity index is 2490. The van der Waals surface area contributed by atoms with Crippen molar-refractivity contribution in [2.24, 2.45) is 0 Å². The molecular weight excluding hydrogens is 782 g/mol. The predicted molar refractivity (Wildman–Crippen MR) is 230 cm³/mol. The fourth-order valence-electron chi connectivity index (χ4n) is 7.51. The molecule has 11 nitrogen and oxygen atoms in total. The van der Waals surface area contributed by atoms with Crippen LogP contribution >= 0.6 is 0 Å². The number of carbonyl (C=O) groups excluding carboxylic acids is 3. The Morgan fingerprint density at radius 3 is 1.33 bits per heavy atom. The summed E-state index contributed by atoms with van der Waals surface area (Å²) in [6.07, 6.45) is -4.37. The minimum Gasteiger partial charge on any atom is -0.368 e. The second-order valence-corrected chi connectivity index (χ2v) is 15.5. The van der Waals surface area contributed by atoms with Gasteiger partial charge >= 0.3 is 6.18 Å². The summed E-state index contributed by atoms with van der Waals surface area (Å²) < 4.78 is 42.4. The summed E-state index contributed by atoms with van der Waals surface area (Å²) in [5.74, 6) is -0.0648. The lowest BCUT2D eigenvalue weighted by Gasteiger charge is -2.36. The fourth-order valence-corrected chi connectivity index (χ4v) is 7.51. The van der Waals surface area contributed by atoms with E-state index in [-0.39, 0.29) is 17.6 Å². The first-order chi connectivity index (χ1) is 29.1. The maximum atomic E-state index is 13.2. The van der Waals surface area contributed by atoms with E-state index in [0.29, 0.717) is 61.9 Å². The molecule has 6 aromatic rings. The first kappa shape index (κ1) is 42.4. The predicted octanol–water partition coefficient (Wildman–Crippen LogP) is 8.12. The number of benzene rings is 4. The molecule has 2 aromatic heterocycles. The van der Waals surface area contributed by atoms with E-state index in [0.717, 1.165) is 59.2 Å². The molecule has 2 fully saturated rings. The Labute approximate surface area is 353 Å². The number of ketones is 1. The maximum absolute atomic E-state index is 13.2. The van der Waals surface area contributed by atoms with Gasteiger partial charge in [-0.3, -0.25) is 14.4 Å². The standard InChI is InChI=1S/C24H26N4O2.C23H23F3N4O/c1-17-4-8-22(9-5-17)28-23(16-18(2)25-28)24(30)27-14-12-26(13-15-27)21-10-6-20(7-11-21)19(3)29;1-16-6-8-19(9-7-16)30-21(14-17(2)27-30)22(31)29-12-10-28(11-13-29)20-5-3-4-18(15-20)23(24,25)26/h4-11,16H,12-15H2,1-3H3;3-9,14-15H,10-13H2,1-2H3. The molecule has 316 valence electrons. The molecule has 61 heavy (non-hydrogen) atoms. The normalized spacial score (nSPS) is 14.4. The summed E-state index contributed by atoms with van der Waals surface area (Å²) >= 11 is 0. The number of halogens is 3. The average Bonchev–Trinajstić information content (AvgIpc) is 3.86. The number of amides is 2. The van der Waals surface area contributed by atoms with Crippen molar-refractivity contribution in [3.63, 3.8) is 0 Å². The van der Waals surface area contributed by atoms with Crippen molar-refractivity contribution in [3.05, 3.63) is 154 Å². The van der Waals surface area contributed by atoms with Gasteiger partial charge in [0.05, 0.1) is 28.3 Å². The fraction of sp³-hybridized carbons (Fsp3) is 0.298. The minimum absolute atomic E-state index is 0.00255. The molecule has 2 amide bonds. The molecule has 4 aromatic carbocycles. The zero-order chi connectivity index (χ0) is 43.4. The van der Waals surface area contributed by atoms with Gasteiger partial charge in [-0.2, -0.15) is 23.4 Å². The molecule has 0 N–H and O–H groups in total. The molecule has 2 aliphatic heterocycles. The largest absolute Gasteiger partial charge is 0.416 e. The Morgan fingerprint density at radius 2 is 0.918 bits per heavy atom. The lowest BCUT2D eigenvalue weighted by molar-refractivity contribution is -0.137. The number of Topliss-reactive ketones (excluding diaryl/α,β-unsaturated/α-hetero) is 1. The van der Waals surface area contributed by atoms with Crippen LogP contribution in [0.5, 0.6) is 0 Å². The first-order valence-electron chi connectivity index (χ1n) is 20.3. The lowest BCUT2D eigenvalue weighted by atomic mass is 10.1. The van der Waals surface area contributed by atoms with E-state index in [1.807, 2.05) is 116 Å². The zero-order valence-electron chi connectivity index (χ0n) is 35.0. The van der Waals surface area contributed by atoms with E-state index in [2.05, 4.69) is 15.1 Å². The Balaban J connectivity index is 0.000000184. The van der Waals surface area contributed by atoms with E-state index < -0.39 is 11.7 Å². The van der Waals surface area contributed by atoms with Crippen LogP contribution < -0.4 is 9.80 Å². The second kappa shape index (κ2) is 17.9. The van der Waals surface area contributed by atoms with Gasteiger partial charge in [-0.05, 0) is 113 Å². The van der Waals surface area contributed by atoms with Gasteiger partial charge in [-0.1, -0.05) is 41.5 Å². The molecule has 14 heteroatoms. The van der Waals surface area contributed by atoms with Crippen LogP contribution in [0.2, 0.25) is 0 Å². The number of aromatic nitrogens is 4. The Kier molecular flexibility index (Phi) is 12.4. The van der Waals surface area contributed by atoms with E-state index in [1.165, 1.54) is 11.6 Å². The molecule has 2 saturated heterocycles. The van der Waals surface area contributed by atoms with Crippen molar-refractivity contribution < 1.29 is 27.6 Å². The topological polar surface area (TPSA) is 99.8 Å². The number of aryl methyl sites for hydroxylation is 4. The third-order valence-electron chi connectivity index (χ3n) is 11.0. The number of hydrogen-bond acceptors (Lipinski definition) is 7. The van der Waals surface area contributed by atoms with Gasteiger partial charge in [0.1, 0.15) is 11.4 Å². The quantitative estimate of drug-likeness (QED) is 0.150. The molecule has 0 aliphatic carbocycles. The van der Waals surface area contributed by atoms with Crippen LogP contribution in [-0.4, -0.2) is 99.3 Å². The van der Waals surface area contributed by atoms with Gasteiger partial charge in [-0.15, -0.1) is 0 Å². The highest BCUT2D eigenvalue weighted by Crippen LogP contribution is 2.32. The third-order valence-corrected chi connectivity index (χ3v) is 11.0. The monoisotopic (exact) mass is 830 g/mol. The van der Waals surface area contributed by atoms with Crippen LogP contribution in [0.1, 0.15) is 66.3 Å². The highest BCUT2D eigenvalue weighted by Gasteiger charge is 2.32. The van der Waals surface area contributed by atoms with Crippen LogP contribution in [0.15, 0.2) is 109 Å². The number of nitrogens with zero attached hydrogens (tertiary/aromatic N) is 8. The number of hydrogen-bond donors (Lipinski definition) is 0. The molecule has 8 rings (SSSR count). The van der Waals surface area contributed by atoms with E-state index in [1.54, 1.807) is 33.3 Å². The molecule has 0 spiro atoms. The lowest BCUT2D eigenvalue weighted by Crippen LogP contribution is -2.49.